The minimum Gasteiger partial charge on any atom is -0.360 e. The van der Waals surface area contributed by atoms with Crippen molar-refractivity contribution in [3.63, 3.8) is 0 Å². The van der Waals surface area contributed by atoms with Crippen LogP contribution in [0.4, 0.5) is 0 Å². The van der Waals surface area contributed by atoms with Crippen LogP contribution in [0.3, 0.4) is 0 Å². The fourth-order valence-electron chi connectivity index (χ4n) is 2.41. The fraction of sp³-hybridized carbons (Fsp3) is 0.917. The van der Waals surface area contributed by atoms with Crippen molar-refractivity contribution in [3.8, 4) is 0 Å². The van der Waals surface area contributed by atoms with Gasteiger partial charge in [-0.3, -0.25) is 0 Å². The zero-order valence-electron chi connectivity index (χ0n) is 9.75. The van der Waals surface area contributed by atoms with E-state index in [0.717, 1.165) is 16.9 Å². The van der Waals surface area contributed by atoms with Gasteiger partial charge in [0.2, 0.25) is 0 Å². The Morgan fingerprint density at radius 1 is 1.07 bits per heavy atom. The number of thiocarbonyl (C=S) groups is 1. The monoisotopic (exact) mass is 226 g/mol. The lowest BCUT2D eigenvalue weighted by Gasteiger charge is -2.35. The Morgan fingerprint density at radius 2 is 1.80 bits per heavy atom. The second-order valence-corrected chi connectivity index (χ2v) is 5.67. The number of hydrogen-bond donors (Lipinski definition) is 2. The predicted octanol–water partition coefficient (Wildman–Crippen LogP) is 2.44. The molecule has 0 radical (unpaired) electrons. The van der Waals surface area contributed by atoms with Gasteiger partial charge in [0.25, 0.3) is 0 Å². The summed E-state index contributed by atoms with van der Waals surface area (Å²) < 4.78 is 0. The van der Waals surface area contributed by atoms with E-state index in [-0.39, 0.29) is 0 Å². The molecule has 0 unspecified atom stereocenters. The van der Waals surface area contributed by atoms with Crippen LogP contribution in [-0.4, -0.2) is 17.2 Å². The summed E-state index contributed by atoms with van der Waals surface area (Å²) in [7, 11) is 0. The topological polar surface area (TPSA) is 24.1 Å². The van der Waals surface area contributed by atoms with Gasteiger partial charge in [-0.25, -0.2) is 0 Å². The first-order valence-corrected chi connectivity index (χ1v) is 6.64. The van der Waals surface area contributed by atoms with Gasteiger partial charge in [-0.05, 0) is 43.3 Å². The number of nitrogens with one attached hydrogen (secondary N) is 2. The molecule has 0 bridgehead atoms. The molecule has 2 fully saturated rings. The molecule has 0 spiro atoms. The lowest BCUT2D eigenvalue weighted by Crippen LogP contribution is -2.48. The summed E-state index contributed by atoms with van der Waals surface area (Å²) in [6, 6.07) is 1.26. The highest BCUT2D eigenvalue weighted by molar-refractivity contribution is 7.80. The summed E-state index contributed by atoms with van der Waals surface area (Å²) in [6.07, 6.45) is 6.58. The van der Waals surface area contributed by atoms with Crippen LogP contribution in [0.15, 0.2) is 0 Å². The summed E-state index contributed by atoms with van der Waals surface area (Å²) in [5.41, 5.74) is 0. The Hall–Kier alpha value is -0.310. The third-order valence-electron chi connectivity index (χ3n) is 3.94. The number of hydrogen-bond acceptors (Lipinski definition) is 1. The van der Waals surface area contributed by atoms with Gasteiger partial charge in [0.15, 0.2) is 5.11 Å². The van der Waals surface area contributed by atoms with E-state index in [1.165, 1.54) is 32.1 Å². The number of rotatable bonds is 2. The van der Waals surface area contributed by atoms with Crippen molar-refractivity contribution in [2.75, 3.05) is 0 Å². The molecule has 0 amide bonds. The molecule has 2 aliphatic rings. The zero-order chi connectivity index (χ0) is 10.8. The smallest absolute Gasteiger partial charge is 0.166 e. The Morgan fingerprint density at radius 3 is 2.47 bits per heavy atom. The third-order valence-corrected chi connectivity index (χ3v) is 4.17. The maximum absolute atomic E-state index is 5.32. The summed E-state index contributed by atoms with van der Waals surface area (Å²) in [5, 5.41) is 7.73. The van der Waals surface area contributed by atoms with Crippen LogP contribution in [-0.2, 0) is 0 Å². The molecule has 0 aromatic carbocycles. The highest BCUT2D eigenvalue weighted by Gasteiger charge is 2.28. The molecular weight excluding hydrogens is 204 g/mol. The van der Waals surface area contributed by atoms with Crippen LogP contribution in [0.25, 0.3) is 0 Å². The van der Waals surface area contributed by atoms with Gasteiger partial charge in [-0.1, -0.05) is 26.7 Å². The van der Waals surface area contributed by atoms with Crippen molar-refractivity contribution in [3.05, 3.63) is 0 Å². The lowest BCUT2D eigenvalue weighted by molar-refractivity contribution is 0.224. The van der Waals surface area contributed by atoms with E-state index in [1.54, 1.807) is 0 Å². The minimum absolute atomic E-state index is 0.590. The summed E-state index contributed by atoms with van der Waals surface area (Å²) in [4.78, 5) is 0. The standard InChI is InChI=1S/C12H22N2S/c1-8-4-3-5-11(9(8)2)14-12(15)13-10-6-7-10/h8-11H,3-7H2,1-2H3,(H2,13,14,15)/t8-,9-,11-/m1/s1. The molecule has 3 heteroatoms. The SMILES string of the molecule is C[C@@H]1[C@H](C)CCC[C@H]1NC(=S)NC1CC1. The van der Waals surface area contributed by atoms with E-state index < -0.39 is 0 Å². The molecule has 0 heterocycles. The summed E-state index contributed by atoms with van der Waals surface area (Å²) >= 11 is 5.32. The molecule has 0 aromatic heterocycles. The largest absolute Gasteiger partial charge is 0.360 e. The Labute approximate surface area is 98.2 Å². The second kappa shape index (κ2) is 4.69. The Balaban J connectivity index is 1.78. The van der Waals surface area contributed by atoms with Crippen LogP contribution in [0.1, 0.15) is 46.0 Å². The molecule has 2 nitrogen and oxygen atoms in total. The van der Waals surface area contributed by atoms with Crippen molar-refractivity contribution >= 4 is 17.3 Å². The van der Waals surface area contributed by atoms with Crippen molar-refractivity contribution in [2.45, 2.75) is 58.0 Å². The maximum atomic E-state index is 5.32. The quantitative estimate of drug-likeness (QED) is 0.707. The van der Waals surface area contributed by atoms with Crippen LogP contribution >= 0.6 is 12.2 Å². The molecule has 2 rings (SSSR count). The van der Waals surface area contributed by atoms with Gasteiger partial charge in [0.1, 0.15) is 0 Å². The summed E-state index contributed by atoms with van der Waals surface area (Å²) in [5.74, 6) is 1.58. The van der Waals surface area contributed by atoms with E-state index in [1.807, 2.05) is 0 Å². The Kier molecular flexibility index (Phi) is 3.49. The molecule has 15 heavy (non-hydrogen) atoms. The van der Waals surface area contributed by atoms with E-state index >= 15 is 0 Å². The molecule has 86 valence electrons. The molecule has 0 aliphatic heterocycles. The Bertz CT molecular complexity index is 238. The molecule has 2 saturated carbocycles. The first kappa shape index (κ1) is 11.2. The second-order valence-electron chi connectivity index (χ2n) is 5.27. The molecule has 3 atom stereocenters. The average Bonchev–Trinajstić information content (AvgIpc) is 2.97. The van der Waals surface area contributed by atoms with E-state index in [0.29, 0.717) is 12.1 Å². The third kappa shape index (κ3) is 3.07. The van der Waals surface area contributed by atoms with Crippen molar-refractivity contribution in [2.24, 2.45) is 11.8 Å². The van der Waals surface area contributed by atoms with E-state index in [4.69, 9.17) is 12.2 Å². The van der Waals surface area contributed by atoms with Gasteiger partial charge in [-0.2, -0.15) is 0 Å². The van der Waals surface area contributed by atoms with Crippen molar-refractivity contribution < 1.29 is 0 Å². The van der Waals surface area contributed by atoms with E-state index in [2.05, 4.69) is 24.5 Å². The van der Waals surface area contributed by atoms with E-state index in [9.17, 15) is 0 Å². The molecule has 0 aromatic rings. The van der Waals surface area contributed by atoms with Crippen molar-refractivity contribution in [1.29, 1.82) is 0 Å². The highest BCUT2D eigenvalue weighted by atomic mass is 32.1. The normalized spacial score (nSPS) is 36.0. The van der Waals surface area contributed by atoms with Gasteiger partial charge in [0.05, 0.1) is 0 Å². The minimum atomic E-state index is 0.590. The lowest BCUT2D eigenvalue weighted by atomic mass is 9.78. The van der Waals surface area contributed by atoms with Gasteiger partial charge < -0.3 is 10.6 Å². The molecular formula is C12H22N2S. The molecule has 2 aliphatic carbocycles. The van der Waals surface area contributed by atoms with Crippen molar-refractivity contribution in [1.82, 2.24) is 10.6 Å². The predicted molar refractivity (Wildman–Crippen MR) is 67.9 cm³/mol. The van der Waals surface area contributed by atoms with Gasteiger partial charge in [-0.15, -0.1) is 0 Å². The van der Waals surface area contributed by atoms with Crippen LogP contribution in [0.5, 0.6) is 0 Å². The van der Waals surface area contributed by atoms with Crippen LogP contribution in [0.2, 0.25) is 0 Å². The zero-order valence-corrected chi connectivity index (χ0v) is 10.6. The first-order chi connectivity index (χ1) is 7.16. The van der Waals surface area contributed by atoms with Gasteiger partial charge >= 0.3 is 0 Å². The van der Waals surface area contributed by atoms with Gasteiger partial charge in [0, 0.05) is 12.1 Å². The molecule has 0 saturated heterocycles. The van der Waals surface area contributed by atoms with Crippen LogP contribution < -0.4 is 10.6 Å². The average molecular weight is 226 g/mol. The van der Waals surface area contributed by atoms with Crippen LogP contribution in [0, 0.1) is 11.8 Å². The first-order valence-electron chi connectivity index (χ1n) is 6.24. The summed E-state index contributed by atoms with van der Waals surface area (Å²) in [6.45, 7) is 4.71. The molecule has 2 N–H and O–H groups in total. The fourth-order valence-corrected chi connectivity index (χ4v) is 2.73. The highest BCUT2D eigenvalue weighted by Crippen LogP contribution is 2.29. The maximum Gasteiger partial charge on any atom is 0.166 e.